The highest BCUT2D eigenvalue weighted by Crippen LogP contribution is 2.35. The zero-order valence-corrected chi connectivity index (χ0v) is 24.7. The van der Waals surface area contributed by atoms with Crippen molar-refractivity contribution < 1.29 is 22.7 Å². The van der Waals surface area contributed by atoms with Gasteiger partial charge in [0.15, 0.2) is 17.2 Å². The van der Waals surface area contributed by atoms with Crippen LogP contribution in [0.25, 0.3) is 22.3 Å². The molecule has 0 aliphatic carbocycles. The van der Waals surface area contributed by atoms with Crippen molar-refractivity contribution in [3.63, 3.8) is 0 Å². The van der Waals surface area contributed by atoms with E-state index in [0.29, 0.717) is 24.0 Å². The van der Waals surface area contributed by atoms with Crippen molar-refractivity contribution in [3.05, 3.63) is 71.8 Å². The maximum absolute atomic E-state index is 15.5. The molecule has 228 valence electrons. The first kappa shape index (κ1) is 30.5. The maximum Gasteiger partial charge on any atom is 0.264 e. The molecule has 13 heteroatoms. The van der Waals surface area contributed by atoms with Crippen LogP contribution in [0.3, 0.4) is 0 Å². The minimum atomic E-state index is -1.19. The van der Waals surface area contributed by atoms with Gasteiger partial charge in [-0.15, -0.1) is 0 Å². The van der Waals surface area contributed by atoms with Crippen molar-refractivity contribution in [1.29, 1.82) is 5.26 Å². The van der Waals surface area contributed by atoms with Gasteiger partial charge in [0.1, 0.15) is 41.0 Å². The number of nitrogen functional groups attached to an aromatic ring is 1. The SMILES string of the molecule is CN(C)C(C)(C)C=C(C#N)C(=O)N1CCCC1Cn1nc(-c2ccc(Oc3cccc(F)c3F)cc2F)c2c(N)ncnc21. The molecule has 0 spiro atoms. The molecule has 5 rings (SSSR count). The normalized spacial score (nSPS) is 15.7. The Labute approximate surface area is 252 Å². The van der Waals surface area contributed by atoms with Crippen molar-refractivity contribution in [2.45, 2.75) is 44.8 Å². The summed E-state index contributed by atoms with van der Waals surface area (Å²) < 4.78 is 50.1. The summed E-state index contributed by atoms with van der Waals surface area (Å²) >= 11 is 0. The van der Waals surface area contributed by atoms with Crippen LogP contribution >= 0.6 is 0 Å². The Morgan fingerprint density at radius 2 is 1.98 bits per heavy atom. The van der Waals surface area contributed by atoms with Crippen LogP contribution in [0.2, 0.25) is 0 Å². The van der Waals surface area contributed by atoms with Gasteiger partial charge in [0, 0.05) is 23.7 Å². The summed E-state index contributed by atoms with van der Waals surface area (Å²) in [6.45, 7) is 4.52. The quantitative estimate of drug-likeness (QED) is 0.218. The van der Waals surface area contributed by atoms with E-state index in [0.717, 1.165) is 18.6 Å². The molecule has 1 saturated heterocycles. The van der Waals surface area contributed by atoms with Crippen molar-refractivity contribution >= 4 is 22.8 Å². The highest BCUT2D eigenvalue weighted by atomic mass is 19.2. The molecule has 1 atom stereocenters. The second-order valence-electron chi connectivity index (χ2n) is 11.3. The van der Waals surface area contributed by atoms with E-state index >= 15 is 4.39 Å². The van der Waals surface area contributed by atoms with E-state index in [1.165, 1.54) is 30.6 Å². The number of aromatic nitrogens is 4. The molecule has 0 saturated carbocycles. The van der Waals surface area contributed by atoms with Crippen LogP contribution < -0.4 is 10.5 Å². The number of nitrogens with two attached hydrogens (primary N) is 1. The third-order valence-electron chi connectivity index (χ3n) is 7.92. The smallest absolute Gasteiger partial charge is 0.264 e. The molecule has 0 bridgehead atoms. The largest absolute Gasteiger partial charge is 0.454 e. The third-order valence-corrected chi connectivity index (χ3v) is 7.92. The van der Waals surface area contributed by atoms with Crippen LogP contribution in [-0.4, -0.2) is 67.7 Å². The number of halogens is 3. The predicted molar refractivity (Wildman–Crippen MR) is 158 cm³/mol. The van der Waals surface area contributed by atoms with Gasteiger partial charge in [-0.05, 0) is 71.1 Å². The van der Waals surface area contributed by atoms with E-state index in [2.05, 4.69) is 21.1 Å². The number of amides is 1. The van der Waals surface area contributed by atoms with Gasteiger partial charge in [0.05, 0.1) is 18.0 Å². The molecule has 10 nitrogen and oxygen atoms in total. The number of carbonyl (C=O) groups is 1. The van der Waals surface area contributed by atoms with E-state index in [1.807, 2.05) is 32.8 Å². The monoisotopic (exact) mass is 604 g/mol. The Balaban J connectivity index is 1.47. The lowest BCUT2D eigenvalue weighted by atomic mass is 9.99. The fraction of sp³-hybridized carbons (Fsp3) is 0.323. The molecule has 1 unspecified atom stereocenters. The Morgan fingerprint density at radius 3 is 2.68 bits per heavy atom. The molecular formula is C31H31F3N8O2. The fourth-order valence-electron chi connectivity index (χ4n) is 5.06. The van der Waals surface area contributed by atoms with Crippen LogP contribution in [0.15, 0.2) is 54.4 Å². The fourth-order valence-corrected chi connectivity index (χ4v) is 5.06. The first-order valence-corrected chi connectivity index (χ1v) is 13.9. The van der Waals surface area contributed by atoms with Crippen molar-refractivity contribution in [1.82, 2.24) is 29.5 Å². The number of carbonyl (C=O) groups excluding carboxylic acids is 1. The summed E-state index contributed by atoms with van der Waals surface area (Å²) in [6, 6.07) is 9.03. The van der Waals surface area contributed by atoms with E-state index in [4.69, 9.17) is 10.5 Å². The summed E-state index contributed by atoms with van der Waals surface area (Å²) in [5, 5.41) is 14.8. The van der Waals surface area contributed by atoms with Gasteiger partial charge >= 0.3 is 0 Å². The van der Waals surface area contributed by atoms with Crippen molar-refractivity contribution in [3.8, 4) is 28.8 Å². The Bertz CT molecular complexity index is 1810. The molecule has 0 radical (unpaired) electrons. The minimum absolute atomic E-state index is 0.0516. The van der Waals surface area contributed by atoms with E-state index in [1.54, 1.807) is 15.7 Å². The lowest BCUT2D eigenvalue weighted by Gasteiger charge is -2.30. The lowest BCUT2D eigenvalue weighted by Crippen LogP contribution is -2.41. The molecule has 1 aliphatic heterocycles. The number of hydrogen-bond donors (Lipinski definition) is 1. The number of rotatable bonds is 8. The highest BCUT2D eigenvalue weighted by Gasteiger charge is 2.33. The number of nitriles is 1. The zero-order chi connectivity index (χ0) is 31.8. The van der Waals surface area contributed by atoms with Gasteiger partial charge in [0.25, 0.3) is 5.91 Å². The van der Waals surface area contributed by atoms with Crippen molar-refractivity contribution in [2.24, 2.45) is 0 Å². The summed E-state index contributed by atoms with van der Waals surface area (Å²) in [7, 11) is 3.74. The van der Waals surface area contributed by atoms with Crippen LogP contribution in [0.5, 0.6) is 11.5 Å². The van der Waals surface area contributed by atoms with E-state index in [-0.39, 0.29) is 52.6 Å². The number of nitrogens with zero attached hydrogens (tertiary/aromatic N) is 7. The summed E-state index contributed by atoms with van der Waals surface area (Å²) in [6.07, 6.45) is 4.34. The molecule has 2 N–H and O–H groups in total. The van der Waals surface area contributed by atoms with Crippen LogP contribution in [0.4, 0.5) is 19.0 Å². The average molecular weight is 605 g/mol. The molecule has 4 aromatic rings. The molecule has 44 heavy (non-hydrogen) atoms. The van der Waals surface area contributed by atoms with Gasteiger partial charge in [-0.3, -0.25) is 4.79 Å². The second kappa shape index (κ2) is 12.0. The number of anilines is 1. The molecule has 2 aromatic heterocycles. The molecule has 1 amide bonds. The van der Waals surface area contributed by atoms with Crippen molar-refractivity contribution in [2.75, 3.05) is 26.4 Å². The summed E-state index contributed by atoms with van der Waals surface area (Å²) in [5.41, 5.74) is 6.31. The Hall–Kier alpha value is -4.96. The Kier molecular flexibility index (Phi) is 8.29. The standard InChI is InChI=1S/C31H31F3N8O2/c1-31(2,40(3)4)14-18(15-35)30(43)41-12-6-7-19(41)16-42-29-25(28(36)37-17-38-29)27(39-42)21-11-10-20(13-23(21)33)44-24-9-5-8-22(32)26(24)34/h5,8-11,13-14,17,19H,6-7,12,16H2,1-4H3,(H2,36,37,38). The Morgan fingerprint density at radius 1 is 1.20 bits per heavy atom. The number of hydrogen-bond acceptors (Lipinski definition) is 8. The van der Waals surface area contributed by atoms with E-state index < -0.39 is 23.0 Å². The number of ether oxygens (including phenoxy) is 1. The van der Waals surface area contributed by atoms with Crippen LogP contribution in [-0.2, 0) is 11.3 Å². The second-order valence-corrected chi connectivity index (χ2v) is 11.3. The third kappa shape index (κ3) is 5.80. The van der Waals surface area contributed by atoms with E-state index in [9.17, 15) is 18.8 Å². The molecule has 1 fully saturated rings. The predicted octanol–water partition coefficient (Wildman–Crippen LogP) is 5.07. The molecule has 2 aromatic carbocycles. The number of likely N-dealkylation sites (N-methyl/N-ethyl adjacent to an activating group) is 1. The first-order valence-electron chi connectivity index (χ1n) is 13.9. The molecule has 1 aliphatic rings. The first-order chi connectivity index (χ1) is 20.9. The summed E-state index contributed by atoms with van der Waals surface area (Å²) in [4.78, 5) is 25.5. The maximum atomic E-state index is 15.5. The average Bonchev–Trinajstić information content (AvgIpc) is 3.59. The van der Waals surface area contributed by atoms with Crippen LogP contribution in [0.1, 0.15) is 26.7 Å². The molecule has 3 heterocycles. The van der Waals surface area contributed by atoms with Gasteiger partial charge in [-0.25, -0.2) is 23.4 Å². The topological polar surface area (TPSA) is 126 Å². The van der Waals surface area contributed by atoms with Gasteiger partial charge < -0.3 is 20.3 Å². The lowest BCUT2D eigenvalue weighted by molar-refractivity contribution is -0.127. The van der Waals surface area contributed by atoms with Gasteiger partial charge in [0.2, 0.25) is 5.82 Å². The van der Waals surface area contributed by atoms with Crippen LogP contribution in [0, 0.1) is 28.8 Å². The van der Waals surface area contributed by atoms with Gasteiger partial charge in [-0.1, -0.05) is 6.07 Å². The minimum Gasteiger partial charge on any atom is -0.454 e. The number of likely N-dealkylation sites (tertiary alicyclic amines) is 1. The zero-order valence-electron chi connectivity index (χ0n) is 24.7. The highest BCUT2D eigenvalue weighted by molar-refractivity contribution is 5.99. The summed E-state index contributed by atoms with van der Waals surface area (Å²) in [5.74, 6) is -3.76. The van der Waals surface area contributed by atoms with Gasteiger partial charge in [-0.2, -0.15) is 14.8 Å². The molecular weight excluding hydrogens is 573 g/mol. The number of fused-ring (bicyclic) bond motifs is 1. The number of benzene rings is 2.